The quantitative estimate of drug-likeness (QED) is 0.885. The minimum absolute atomic E-state index is 0.645. The molecule has 94 valence electrons. The first-order valence-corrected chi connectivity index (χ1v) is 7.32. The molecule has 0 aromatic carbocycles. The molecule has 1 atom stereocenters. The van der Waals surface area contributed by atoms with E-state index in [1.807, 2.05) is 24.0 Å². The third kappa shape index (κ3) is 3.57. The van der Waals surface area contributed by atoms with Crippen molar-refractivity contribution in [3.63, 3.8) is 0 Å². The molecule has 1 aromatic rings. The fourth-order valence-corrected chi connectivity index (χ4v) is 3.01. The van der Waals surface area contributed by atoms with Crippen LogP contribution in [0.4, 0.5) is 5.95 Å². The van der Waals surface area contributed by atoms with Crippen molar-refractivity contribution in [1.82, 2.24) is 14.9 Å². The van der Waals surface area contributed by atoms with Crippen LogP contribution in [0.1, 0.15) is 19.5 Å². The van der Waals surface area contributed by atoms with E-state index in [9.17, 15) is 0 Å². The van der Waals surface area contributed by atoms with Gasteiger partial charge in [-0.1, -0.05) is 0 Å². The summed E-state index contributed by atoms with van der Waals surface area (Å²) in [7, 11) is 0. The summed E-state index contributed by atoms with van der Waals surface area (Å²) >= 11 is 2.04. The molecule has 2 rings (SSSR count). The molecule has 1 aliphatic heterocycles. The van der Waals surface area contributed by atoms with Crippen LogP contribution in [0.5, 0.6) is 0 Å². The average molecular weight is 252 g/mol. The van der Waals surface area contributed by atoms with Gasteiger partial charge in [-0.2, -0.15) is 11.8 Å². The number of anilines is 1. The maximum Gasteiger partial charge on any atom is 0.222 e. The van der Waals surface area contributed by atoms with Crippen LogP contribution in [0.25, 0.3) is 0 Å². The molecule has 0 saturated carbocycles. The Bertz CT molecular complexity index is 358. The largest absolute Gasteiger partial charge is 0.354 e. The van der Waals surface area contributed by atoms with Crippen molar-refractivity contribution >= 4 is 17.7 Å². The smallest absolute Gasteiger partial charge is 0.222 e. The number of rotatable bonds is 4. The highest BCUT2D eigenvalue weighted by molar-refractivity contribution is 7.99. The summed E-state index contributed by atoms with van der Waals surface area (Å²) in [5, 5.41) is 3.15. The second-order valence-corrected chi connectivity index (χ2v) is 5.45. The molecule has 0 aliphatic carbocycles. The monoisotopic (exact) mass is 252 g/mol. The second kappa shape index (κ2) is 6.21. The van der Waals surface area contributed by atoms with E-state index >= 15 is 0 Å². The topological polar surface area (TPSA) is 41.1 Å². The van der Waals surface area contributed by atoms with E-state index in [2.05, 4.69) is 34.0 Å². The Kier molecular flexibility index (Phi) is 4.62. The lowest BCUT2D eigenvalue weighted by Crippen LogP contribution is -2.39. The molecule has 17 heavy (non-hydrogen) atoms. The van der Waals surface area contributed by atoms with Crippen molar-refractivity contribution in [3.05, 3.63) is 18.0 Å². The van der Waals surface area contributed by atoms with E-state index in [4.69, 9.17) is 0 Å². The number of hydrogen-bond acceptors (Lipinski definition) is 5. The predicted molar refractivity (Wildman–Crippen MR) is 73.4 cm³/mol. The van der Waals surface area contributed by atoms with Gasteiger partial charge in [0.2, 0.25) is 5.95 Å². The summed E-state index contributed by atoms with van der Waals surface area (Å²) in [6.07, 6.45) is 1.84. The van der Waals surface area contributed by atoms with Crippen LogP contribution in [0, 0.1) is 0 Å². The van der Waals surface area contributed by atoms with Crippen molar-refractivity contribution in [2.24, 2.45) is 0 Å². The molecule has 1 fully saturated rings. The van der Waals surface area contributed by atoms with Crippen LogP contribution in [0.3, 0.4) is 0 Å². The van der Waals surface area contributed by atoms with Crippen LogP contribution in [0.2, 0.25) is 0 Å². The number of nitrogens with one attached hydrogen (secondary N) is 1. The van der Waals surface area contributed by atoms with E-state index in [1.54, 1.807) is 0 Å². The van der Waals surface area contributed by atoms with Gasteiger partial charge < -0.3 is 5.32 Å². The summed E-state index contributed by atoms with van der Waals surface area (Å²) in [6, 6.07) is 2.65. The van der Waals surface area contributed by atoms with Gasteiger partial charge in [0.1, 0.15) is 0 Å². The fourth-order valence-electron chi connectivity index (χ4n) is 1.93. The first-order valence-electron chi connectivity index (χ1n) is 6.17. The summed E-state index contributed by atoms with van der Waals surface area (Å²) < 4.78 is 0. The van der Waals surface area contributed by atoms with Crippen molar-refractivity contribution in [3.8, 4) is 0 Å². The van der Waals surface area contributed by atoms with Crippen LogP contribution in [-0.2, 0) is 6.54 Å². The molecule has 1 unspecified atom stereocenters. The first-order chi connectivity index (χ1) is 8.29. The highest BCUT2D eigenvalue weighted by atomic mass is 32.2. The Morgan fingerprint density at radius 1 is 1.59 bits per heavy atom. The molecule has 0 amide bonds. The van der Waals surface area contributed by atoms with Gasteiger partial charge in [0, 0.05) is 43.4 Å². The van der Waals surface area contributed by atoms with Crippen LogP contribution < -0.4 is 5.32 Å². The number of thioether (sulfide) groups is 1. The zero-order chi connectivity index (χ0) is 12.1. The summed E-state index contributed by atoms with van der Waals surface area (Å²) in [5.74, 6) is 3.20. The predicted octanol–water partition coefficient (Wildman–Crippen LogP) is 1.85. The minimum Gasteiger partial charge on any atom is -0.354 e. The Hall–Kier alpha value is -0.810. The van der Waals surface area contributed by atoms with Gasteiger partial charge in [0.05, 0.1) is 5.69 Å². The number of nitrogens with zero attached hydrogens (tertiary/aromatic N) is 3. The van der Waals surface area contributed by atoms with Gasteiger partial charge >= 0.3 is 0 Å². The molecule has 0 bridgehead atoms. The van der Waals surface area contributed by atoms with Crippen LogP contribution >= 0.6 is 11.8 Å². The Balaban J connectivity index is 1.99. The Morgan fingerprint density at radius 2 is 2.47 bits per heavy atom. The molecule has 1 aromatic heterocycles. The van der Waals surface area contributed by atoms with E-state index < -0.39 is 0 Å². The zero-order valence-electron chi connectivity index (χ0n) is 10.5. The third-order valence-corrected chi connectivity index (χ3v) is 4.11. The average Bonchev–Trinajstić information content (AvgIpc) is 2.33. The molecular weight excluding hydrogens is 232 g/mol. The van der Waals surface area contributed by atoms with Crippen molar-refractivity contribution in [2.75, 3.05) is 29.9 Å². The van der Waals surface area contributed by atoms with Gasteiger partial charge in [0.25, 0.3) is 0 Å². The highest BCUT2D eigenvalue weighted by Crippen LogP contribution is 2.18. The lowest BCUT2D eigenvalue weighted by atomic mass is 10.2. The molecule has 1 aliphatic rings. The third-order valence-electron chi connectivity index (χ3n) is 2.92. The summed E-state index contributed by atoms with van der Waals surface area (Å²) in [6.45, 7) is 7.30. The number of hydrogen-bond donors (Lipinski definition) is 1. The Morgan fingerprint density at radius 3 is 3.24 bits per heavy atom. The lowest BCUT2D eigenvalue weighted by Gasteiger charge is -2.32. The number of aromatic nitrogens is 2. The first kappa shape index (κ1) is 12.6. The molecule has 1 N–H and O–H groups in total. The second-order valence-electron chi connectivity index (χ2n) is 4.30. The molecule has 1 saturated heterocycles. The normalized spacial score (nSPS) is 21.4. The van der Waals surface area contributed by atoms with Gasteiger partial charge in [-0.3, -0.25) is 4.90 Å². The molecule has 2 heterocycles. The van der Waals surface area contributed by atoms with Crippen molar-refractivity contribution in [2.45, 2.75) is 26.4 Å². The van der Waals surface area contributed by atoms with E-state index in [0.717, 1.165) is 31.3 Å². The van der Waals surface area contributed by atoms with Crippen molar-refractivity contribution in [1.29, 1.82) is 0 Å². The SMILES string of the molecule is CCNc1nccc(CN2CCSCC2C)n1. The highest BCUT2D eigenvalue weighted by Gasteiger charge is 2.18. The van der Waals surface area contributed by atoms with Gasteiger partial charge in [0.15, 0.2) is 0 Å². The molecule has 4 nitrogen and oxygen atoms in total. The van der Waals surface area contributed by atoms with E-state index in [0.29, 0.717) is 6.04 Å². The van der Waals surface area contributed by atoms with Crippen molar-refractivity contribution < 1.29 is 0 Å². The van der Waals surface area contributed by atoms with Crippen LogP contribution in [-0.4, -0.2) is 45.5 Å². The molecule has 0 spiro atoms. The summed E-state index contributed by atoms with van der Waals surface area (Å²) in [5.41, 5.74) is 1.11. The van der Waals surface area contributed by atoms with E-state index in [1.165, 1.54) is 11.5 Å². The van der Waals surface area contributed by atoms with Gasteiger partial charge in [-0.05, 0) is 19.9 Å². The lowest BCUT2D eigenvalue weighted by molar-refractivity contribution is 0.221. The molecule has 0 radical (unpaired) electrons. The fraction of sp³-hybridized carbons (Fsp3) is 0.667. The molecule has 5 heteroatoms. The van der Waals surface area contributed by atoms with E-state index in [-0.39, 0.29) is 0 Å². The minimum atomic E-state index is 0.645. The zero-order valence-corrected chi connectivity index (χ0v) is 11.3. The Labute approximate surface area is 107 Å². The van der Waals surface area contributed by atoms with Gasteiger partial charge in [-0.15, -0.1) is 0 Å². The molecular formula is C12H20N4S. The maximum atomic E-state index is 4.52. The summed E-state index contributed by atoms with van der Waals surface area (Å²) in [4.78, 5) is 11.2. The standard InChI is InChI=1S/C12H20N4S/c1-3-13-12-14-5-4-11(15-12)8-16-6-7-17-9-10(16)2/h4-5,10H,3,6-9H2,1-2H3,(H,13,14,15). The van der Waals surface area contributed by atoms with Gasteiger partial charge in [-0.25, -0.2) is 9.97 Å². The maximum absolute atomic E-state index is 4.52. The van der Waals surface area contributed by atoms with Crippen LogP contribution in [0.15, 0.2) is 12.3 Å².